The number of allylic oxidation sites excluding steroid dienone is 1. The number of ether oxygens (including phenoxy) is 2. The molecule has 0 aromatic rings. The van der Waals surface area contributed by atoms with Crippen LogP contribution < -0.4 is 0 Å². The molecule has 0 radical (unpaired) electrons. The van der Waals surface area contributed by atoms with E-state index in [9.17, 15) is 5.11 Å². The third-order valence-corrected chi connectivity index (χ3v) is 4.17. The van der Waals surface area contributed by atoms with Crippen LogP contribution in [-0.2, 0) is 9.47 Å². The van der Waals surface area contributed by atoms with Gasteiger partial charge in [0.2, 0.25) is 0 Å². The summed E-state index contributed by atoms with van der Waals surface area (Å²) in [5.74, 6) is 0.492. The van der Waals surface area contributed by atoms with E-state index in [1.54, 1.807) is 7.11 Å². The van der Waals surface area contributed by atoms with Crippen LogP contribution in [0.15, 0.2) is 12.2 Å². The van der Waals surface area contributed by atoms with Crippen LogP contribution in [0.2, 0.25) is 0 Å². The molecule has 0 bridgehead atoms. The summed E-state index contributed by atoms with van der Waals surface area (Å²) in [4.78, 5) is 0. The molecule has 3 nitrogen and oxygen atoms in total. The molecule has 0 amide bonds. The SMILES string of the molecule is CCCCCCCC/C=C/[C@@H]1[C@@H](O)[C@@H](OC)OC[C@H]1C. The van der Waals surface area contributed by atoms with Gasteiger partial charge in [-0.25, -0.2) is 0 Å². The van der Waals surface area contributed by atoms with E-state index in [1.165, 1.54) is 38.5 Å². The highest BCUT2D eigenvalue weighted by Crippen LogP contribution is 2.27. The van der Waals surface area contributed by atoms with Crippen molar-refractivity contribution in [3.63, 3.8) is 0 Å². The predicted molar refractivity (Wildman–Crippen MR) is 82.5 cm³/mol. The molecule has 0 aromatic heterocycles. The first-order valence-corrected chi connectivity index (χ1v) is 8.19. The Morgan fingerprint density at radius 1 is 1.20 bits per heavy atom. The Bertz CT molecular complexity index is 265. The first-order chi connectivity index (χ1) is 9.70. The van der Waals surface area contributed by atoms with Crippen molar-refractivity contribution in [3.8, 4) is 0 Å². The second-order valence-electron chi connectivity index (χ2n) is 5.97. The molecule has 1 heterocycles. The highest BCUT2D eigenvalue weighted by molar-refractivity contribution is 4.97. The van der Waals surface area contributed by atoms with Gasteiger partial charge in [-0.2, -0.15) is 0 Å². The standard InChI is InChI=1S/C17H32O3/c1-4-5-6-7-8-9-10-11-12-15-14(2)13-20-17(19-3)16(15)18/h11-12,14-18H,4-10,13H2,1-3H3/b12-11+/t14-,15+,16-,17+/m1/s1. The van der Waals surface area contributed by atoms with Crippen molar-refractivity contribution in [1.29, 1.82) is 0 Å². The quantitative estimate of drug-likeness (QED) is 0.515. The molecule has 20 heavy (non-hydrogen) atoms. The molecule has 0 spiro atoms. The summed E-state index contributed by atoms with van der Waals surface area (Å²) in [6, 6.07) is 0. The second kappa shape index (κ2) is 10.4. The zero-order valence-corrected chi connectivity index (χ0v) is 13.4. The van der Waals surface area contributed by atoms with E-state index < -0.39 is 12.4 Å². The molecule has 1 aliphatic heterocycles. The van der Waals surface area contributed by atoms with Crippen molar-refractivity contribution in [2.45, 2.75) is 71.2 Å². The molecule has 3 heteroatoms. The van der Waals surface area contributed by atoms with Crippen LogP contribution in [0.4, 0.5) is 0 Å². The number of aliphatic hydroxyl groups excluding tert-OH is 1. The second-order valence-corrected chi connectivity index (χ2v) is 5.97. The van der Waals surface area contributed by atoms with E-state index in [0.29, 0.717) is 12.5 Å². The van der Waals surface area contributed by atoms with Crippen LogP contribution in [0.25, 0.3) is 0 Å². The summed E-state index contributed by atoms with van der Waals surface area (Å²) in [6.45, 7) is 5.02. The first kappa shape index (κ1) is 17.7. The number of methoxy groups -OCH3 is 1. The van der Waals surface area contributed by atoms with Crippen molar-refractivity contribution in [1.82, 2.24) is 0 Å². The highest BCUT2D eigenvalue weighted by Gasteiger charge is 2.35. The van der Waals surface area contributed by atoms with Crippen LogP contribution in [0.3, 0.4) is 0 Å². The smallest absolute Gasteiger partial charge is 0.183 e. The summed E-state index contributed by atoms with van der Waals surface area (Å²) < 4.78 is 10.6. The van der Waals surface area contributed by atoms with E-state index >= 15 is 0 Å². The Kier molecular flexibility index (Phi) is 9.16. The van der Waals surface area contributed by atoms with Crippen LogP contribution in [0.1, 0.15) is 58.8 Å². The van der Waals surface area contributed by atoms with Gasteiger partial charge in [-0.3, -0.25) is 0 Å². The van der Waals surface area contributed by atoms with Gasteiger partial charge in [0, 0.05) is 13.0 Å². The Balaban J connectivity index is 2.22. The van der Waals surface area contributed by atoms with Gasteiger partial charge in [0.1, 0.15) is 6.10 Å². The third-order valence-electron chi connectivity index (χ3n) is 4.17. The normalized spacial score (nSPS) is 31.0. The number of hydrogen-bond donors (Lipinski definition) is 1. The van der Waals surface area contributed by atoms with Gasteiger partial charge in [-0.1, -0.05) is 58.1 Å². The van der Waals surface area contributed by atoms with Gasteiger partial charge in [0.05, 0.1) is 6.61 Å². The Morgan fingerprint density at radius 2 is 1.90 bits per heavy atom. The molecule has 0 saturated carbocycles. The fraction of sp³-hybridized carbons (Fsp3) is 0.882. The van der Waals surface area contributed by atoms with E-state index in [-0.39, 0.29) is 5.92 Å². The molecule has 1 rings (SSSR count). The summed E-state index contributed by atoms with van der Waals surface area (Å²) in [7, 11) is 1.58. The summed E-state index contributed by atoms with van der Waals surface area (Å²) in [6.07, 6.45) is 12.4. The van der Waals surface area contributed by atoms with Gasteiger partial charge in [0.15, 0.2) is 6.29 Å². The van der Waals surface area contributed by atoms with E-state index in [2.05, 4.69) is 26.0 Å². The van der Waals surface area contributed by atoms with Crippen molar-refractivity contribution in [2.75, 3.05) is 13.7 Å². The maximum absolute atomic E-state index is 10.2. The monoisotopic (exact) mass is 284 g/mol. The first-order valence-electron chi connectivity index (χ1n) is 8.19. The lowest BCUT2D eigenvalue weighted by Gasteiger charge is -2.36. The van der Waals surface area contributed by atoms with E-state index in [4.69, 9.17) is 9.47 Å². The average Bonchev–Trinajstić information content (AvgIpc) is 2.45. The summed E-state index contributed by atoms with van der Waals surface area (Å²) >= 11 is 0. The molecule has 1 fully saturated rings. The molecule has 1 aliphatic rings. The van der Waals surface area contributed by atoms with Crippen molar-refractivity contribution < 1.29 is 14.6 Å². The average molecular weight is 284 g/mol. The summed E-state index contributed by atoms with van der Waals surface area (Å²) in [5, 5.41) is 10.2. The summed E-state index contributed by atoms with van der Waals surface area (Å²) in [5.41, 5.74) is 0. The van der Waals surface area contributed by atoms with Gasteiger partial charge in [-0.15, -0.1) is 0 Å². The zero-order chi connectivity index (χ0) is 14.8. The molecule has 0 aliphatic carbocycles. The predicted octanol–water partition coefficient (Wildman–Crippen LogP) is 3.91. The topological polar surface area (TPSA) is 38.7 Å². The fourth-order valence-electron chi connectivity index (χ4n) is 2.78. The maximum atomic E-state index is 10.2. The molecule has 1 saturated heterocycles. The van der Waals surface area contributed by atoms with Crippen molar-refractivity contribution >= 4 is 0 Å². The van der Waals surface area contributed by atoms with Crippen molar-refractivity contribution in [2.24, 2.45) is 11.8 Å². The van der Waals surface area contributed by atoms with Gasteiger partial charge < -0.3 is 14.6 Å². The fourth-order valence-corrected chi connectivity index (χ4v) is 2.78. The maximum Gasteiger partial charge on any atom is 0.183 e. The molecule has 4 atom stereocenters. The minimum Gasteiger partial charge on any atom is -0.387 e. The van der Waals surface area contributed by atoms with Gasteiger partial charge in [0.25, 0.3) is 0 Å². The number of aliphatic hydroxyl groups is 1. The highest BCUT2D eigenvalue weighted by atomic mass is 16.7. The van der Waals surface area contributed by atoms with Crippen molar-refractivity contribution in [3.05, 3.63) is 12.2 Å². The van der Waals surface area contributed by atoms with Crippen LogP contribution in [0.5, 0.6) is 0 Å². The zero-order valence-electron chi connectivity index (χ0n) is 13.4. The number of rotatable bonds is 9. The van der Waals surface area contributed by atoms with Crippen LogP contribution in [0, 0.1) is 11.8 Å². The Labute approximate surface area is 124 Å². The lowest BCUT2D eigenvalue weighted by molar-refractivity contribution is -0.226. The number of hydrogen-bond acceptors (Lipinski definition) is 3. The van der Waals surface area contributed by atoms with E-state index in [1.807, 2.05) is 0 Å². The van der Waals surface area contributed by atoms with Crippen LogP contribution in [-0.4, -0.2) is 31.2 Å². The molecule has 0 unspecified atom stereocenters. The lowest BCUT2D eigenvalue weighted by Crippen LogP contribution is -2.45. The van der Waals surface area contributed by atoms with Gasteiger partial charge >= 0.3 is 0 Å². The molecule has 118 valence electrons. The Hall–Kier alpha value is -0.380. The lowest BCUT2D eigenvalue weighted by atomic mass is 9.86. The molecule has 0 aromatic carbocycles. The molecular formula is C17H32O3. The molecular weight excluding hydrogens is 252 g/mol. The molecule has 1 N–H and O–H groups in total. The largest absolute Gasteiger partial charge is 0.387 e. The third kappa shape index (κ3) is 5.94. The minimum atomic E-state index is -0.551. The Morgan fingerprint density at radius 3 is 2.60 bits per heavy atom. The number of unbranched alkanes of at least 4 members (excludes halogenated alkanes) is 6. The van der Waals surface area contributed by atoms with E-state index in [0.717, 1.165) is 6.42 Å². The van der Waals surface area contributed by atoms with Gasteiger partial charge in [-0.05, 0) is 18.8 Å². The van der Waals surface area contributed by atoms with Crippen LogP contribution >= 0.6 is 0 Å². The minimum absolute atomic E-state index is 0.147.